The molecule has 0 bridgehead atoms. The summed E-state index contributed by atoms with van der Waals surface area (Å²) in [5, 5.41) is 7.91. The summed E-state index contributed by atoms with van der Waals surface area (Å²) in [4.78, 5) is 8.65. The Balaban J connectivity index is 1.86. The highest BCUT2D eigenvalue weighted by molar-refractivity contribution is 7.07. The summed E-state index contributed by atoms with van der Waals surface area (Å²) >= 11 is 1.52. The van der Waals surface area contributed by atoms with Crippen molar-refractivity contribution in [2.45, 2.75) is 0 Å². The Morgan fingerprint density at radius 1 is 1.17 bits per heavy atom. The standard InChI is InChI=1S/C23H22N4O2S/c1-4-11-24-23-27(26-14-16-13-25-20-8-6-5-7-18(16)20)21(15-30-23)19-12-17(28-2)9-10-22(19)29-3/h4-10,12-15,25H,1,11H2,2-3H3. The van der Waals surface area contributed by atoms with E-state index >= 15 is 0 Å². The summed E-state index contributed by atoms with van der Waals surface area (Å²) in [5.41, 5.74) is 3.82. The molecule has 30 heavy (non-hydrogen) atoms. The Morgan fingerprint density at radius 2 is 2.03 bits per heavy atom. The van der Waals surface area contributed by atoms with Gasteiger partial charge >= 0.3 is 0 Å². The van der Waals surface area contributed by atoms with Gasteiger partial charge in [-0.15, -0.1) is 17.9 Å². The maximum atomic E-state index is 5.58. The van der Waals surface area contributed by atoms with Crippen molar-refractivity contribution >= 4 is 28.5 Å². The molecular formula is C23H22N4O2S. The average Bonchev–Trinajstić information content (AvgIpc) is 3.39. The molecule has 4 rings (SSSR count). The molecule has 0 radical (unpaired) electrons. The fraction of sp³-hybridized carbons (Fsp3) is 0.130. The van der Waals surface area contributed by atoms with Crippen molar-refractivity contribution in [3.05, 3.63) is 77.1 Å². The Bertz CT molecular complexity index is 1280. The SMILES string of the molecule is C=CCN=c1scc(-c2cc(OC)ccc2OC)n1N=Cc1c[nH]c2ccccc12. The highest BCUT2D eigenvalue weighted by Crippen LogP contribution is 2.33. The molecule has 6 nitrogen and oxygen atoms in total. The largest absolute Gasteiger partial charge is 0.497 e. The van der Waals surface area contributed by atoms with Crippen molar-refractivity contribution in [1.29, 1.82) is 0 Å². The second-order valence-electron chi connectivity index (χ2n) is 6.45. The van der Waals surface area contributed by atoms with Crippen molar-refractivity contribution in [3.63, 3.8) is 0 Å². The first-order valence-corrected chi connectivity index (χ1v) is 10.3. The van der Waals surface area contributed by atoms with Crippen LogP contribution in [-0.2, 0) is 0 Å². The van der Waals surface area contributed by atoms with Crippen LogP contribution in [0.3, 0.4) is 0 Å². The summed E-state index contributed by atoms with van der Waals surface area (Å²) in [5.74, 6) is 1.48. The predicted octanol–water partition coefficient (Wildman–Crippen LogP) is 4.68. The van der Waals surface area contributed by atoms with Crippen LogP contribution in [0.25, 0.3) is 22.2 Å². The van der Waals surface area contributed by atoms with Crippen LogP contribution in [-0.4, -0.2) is 36.6 Å². The molecule has 0 saturated heterocycles. The van der Waals surface area contributed by atoms with Crippen molar-refractivity contribution in [1.82, 2.24) is 9.66 Å². The molecule has 0 fully saturated rings. The number of nitrogens with one attached hydrogen (secondary N) is 1. The first kappa shape index (κ1) is 19.7. The Kier molecular flexibility index (Phi) is 5.81. The van der Waals surface area contributed by atoms with E-state index in [0.717, 1.165) is 44.0 Å². The maximum absolute atomic E-state index is 5.58. The van der Waals surface area contributed by atoms with Gasteiger partial charge in [0.15, 0.2) is 0 Å². The minimum Gasteiger partial charge on any atom is -0.497 e. The zero-order chi connectivity index (χ0) is 20.9. The van der Waals surface area contributed by atoms with E-state index in [9.17, 15) is 0 Å². The quantitative estimate of drug-likeness (QED) is 0.350. The minimum absolute atomic E-state index is 0.512. The van der Waals surface area contributed by atoms with E-state index in [-0.39, 0.29) is 0 Å². The van der Waals surface area contributed by atoms with Gasteiger partial charge in [0, 0.05) is 33.6 Å². The summed E-state index contributed by atoms with van der Waals surface area (Å²) in [6, 6.07) is 13.8. The molecule has 152 valence electrons. The van der Waals surface area contributed by atoms with E-state index in [2.05, 4.69) is 22.6 Å². The molecule has 0 aliphatic heterocycles. The molecule has 1 N–H and O–H groups in total. The fourth-order valence-corrected chi connectivity index (χ4v) is 4.02. The van der Waals surface area contributed by atoms with Crippen LogP contribution in [0.1, 0.15) is 5.56 Å². The van der Waals surface area contributed by atoms with Gasteiger partial charge in [0.1, 0.15) is 11.5 Å². The van der Waals surface area contributed by atoms with Gasteiger partial charge in [-0.2, -0.15) is 5.10 Å². The highest BCUT2D eigenvalue weighted by Gasteiger charge is 2.14. The smallest absolute Gasteiger partial charge is 0.206 e. The third-order valence-electron chi connectivity index (χ3n) is 4.66. The zero-order valence-electron chi connectivity index (χ0n) is 16.8. The second-order valence-corrected chi connectivity index (χ2v) is 7.28. The molecule has 0 amide bonds. The lowest BCUT2D eigenvalue weighted by Gasteiger charge is -2.11. The molecule has 7 heteroatoms. The Morgan fingerprint density at radius 3 is 2.83 bits per heavy atom. The highest BCUT2D eigenvalue weighted by atomic mass is 32.1. The van der Waals surface area contributed by atoms with Gasteiger partial charge in [0.05, 0.1) is 32.7 Å². The number of fused-ring (bicyclic) bond motifs is 1. The molecule has 2 aromatic carbocycles. The number of hydrogen-bond acceptors (Lipinski definition) is 5. The van der Waals surface area contributed by atoms with E-state index in [1.807, 2.05) is 58.9 Å². The van der Waals surface area contributed by atoms with Gasteiger partial charge in [-0.25, -0.2) is 4.68 Å². The van der Waals surface area contributed by atoms with E-state index in [0.29, 0.717) is 6.54 Å². The van der Waals surface area contributed by atoms with Crippen LogP contribution in [0.4, 0.5) is 0 Å². The van der Waals surface area contributed by atoms with E-state index in [1.165, 1.54) is 11.3 Å². The predicted molar refractivity (Wildman–Crippen MR) is 123 cm³/mol. The summed E-state index contributed by atoms with van der Waals surface area (Å²) in [6.45, 7) is 4.28. The topological polar surface area (TPSA) is 63.9 Å². The van der Waals surface area contributed by atoms with Crippen molar-refractivity contribution in [2.75, 3.05) is 20.8 Å². The lowest BCUT2D eigenvalue weighted by Crippen LogP contribution is -2.12. The molecule has 0 aliphatic rings. The molecular weight excluding hydrogens is 396 g/mol. The summed E-state index contributed by atoms with van der Waals surface area (Å²) < 4.78 is 12.8. The number of hydrogen-bond donors (Lipinski definition) is 1. The van der Waals surface area contributed by atoms with Gasteiger partial charge in [-0.1, -0.05) is 24.3 Å². The van der Waals surface area contributed by atoms with Gasteiger partial charge < -0.3 is 14.5 Å². The second kappa shape index (κ2) is 8.84. The number of methoxy groups -OCH3 is 2. The van der Waals surface area contributed by atoms with Crippen molar-refractivity contribution < 1.29 is 9.47 Å². The lowest BCUT2D eigenvalue weighted by molar-refractivity contribution is 0.404. The van der Waals surface area contributed by atoms with Crippen LogP contribution >= 0.6 is 11.3 Å². The average molecular weight is 419 g/mol. The normalized spacial score (nSPS) is 12.0. The number of thiazole rings is 1. The maximum Gasteiger partial charge on any atom is 0.206 e. The lowest BCUT2D eigenvalue weighted by atomic mass is 10.1. The molecule has 2 heterocycles. The first-order valence-electron chi connectivity index (χ1n) is 9.40. The van der Waals surface area contributed by atoms with Crippen molar-refractivity contribution in [3.8, 4) is 22.8 Å². The number of aromatic amines is 1. The number of nitrogens with zero attached hydrogens (tertiary/aromatic N) is 3. The van der Waals surface area contributed by atoms with Crippen LogP contribution in [0, 0.1) is 0 Å². The zero-order valence-corrected chi connectivity index (χ0v) is 17.6. The number of H-pyrrole nitrogens is 1. The summed E-state index contributed by atoms with van der Waals surface area (Å²) in [6.07, 6.45) is 5.56. The summed E-state index contributed by atoms with van der Waals surface area (Å²) in [7, 11) is 3.30. The number of ether oxygens (including phenoxy) is 2. The van der Waals surface area contributed by atoms with E-state index in [1.54, 1.807) is 20.3 Å². The number of para-hydroxylation sites is 1. The Hall–Kier alpha value is -3.58. The fourth-order valence-electron chi connectivity index (χ4n) is 3.18. The number of rotatable bonds is 7. The third kappa shape index (κ3) is 3.79. The molecule has 2 aromatic heterocycles. The number of aromatic nitrogens is 2. The van der Waals surface area contributed by atoms with E-state index in [4.69, 9.17) is 14.6 Å². The molecule has 0 aliphatic carbocycles. The monoisotopic (exact) mass is 418 g/mol. The van der Waals surface area contributed by atoms with Gasteiger partial charge in [0.25, 0.3) is 0 Å². The van der Waals surface area contributed by atoms with Crippen LogP contribution in [0.5, 0.6) is 11.5 Å². The van der Waals surface area contributed by atoms with Crippen LogP contribution in [0.15, 0.2) is 76.8 Å². The van der Waals surface area contributed by atoms with E-state index < -0.39 is 0 Å². The molecule has 0 unspecified atom stereocenters. The van der Waals surface area contributed by atoms with Crippen LogP contribution < -0.4 is 14.3 Å². The Labute approximate surface area is 178 Å². The number of benzene rings is 2. The minimum atomic E-state index is 0.512. The third-order valence-corrected chi connectivity index (χ3v) is 5.51. The van der Waals surface area contributed by atoms with Gasteiger partial charge in [0.2, 0.25) is 4.80 Å². The van der Waals surface area contributed by atoms with Gasteiger partial charge in [-0.05, 0) is 24.3 Å². The molecule has 4 aromatic rings. The van der Waals surface area contributed by atoms with Crippen molar-refractivity contribution in [2.24, 2.45) is 10.1 Å². The van der Waals surface area contributed by atoms with Crippen LogP contribution in [0.2, 0.25) is 0 Å². The first-order chi connectivity index (χ1) is 14.7. The molecule has 0 spiro atoms. The molecule has 0 saturated carbocycles. The van der Waals surface area contributed by atoms with Gasteiger partial charge in [-0.3, -0.25) is 4.99 Å². The molecule has 0 atom stereocenters.